The number of rotatable bonds is 4. The molecule has 1 aromatic heterocycles. The number of methoxy groups -OCH3 is 1. The van der Waals surface area contributed by atoms with Gasteiger partial charge in [-0.15, -0.1) is 10.2 Å². The van der Waals surface area contributed by atoms with Gasteiger partial charge in [0.05, 0.1) is 6.61 Å². The summed E-state index contributed by atoms with van der Waals surface area (Å²) >= 11 is 0. The van der Waals surface area contributed by atoms with Gasteiger partial charge in [0.1, 0.15) is 6.61 Å². The normalized spacial score (nSPS) is 9.75. The van der Waals surface area contributed by atoms with Gasteiger partial charge in [0.15, 0.2) is 0 Å². The fraction of sp³-hybridized carbons (Fsp3) is 0.600. The number of esters is 1. The largest absolute Gasteiger partial charge is 0.457 e. The molecule has 0 aliphatic heterocycles. The minimum Gasteiger partial charge on any atom is -0.457 e. The van der Waals surface area contributed by atoms with E-state index in [1.807, 2.05) is 0 Å². The standard InChI is InChI=1S/C5H8N4O3/c1-11-2-3-12-5(10)4-6-8-9-7-4/h2-3H2,1H3,(H,6,7,8,9). The molecule has 0 fully saturated rings. The molecule has 1 rings (SSSR count). The smallest absolute Gasteiger partial charge is 0.380 e. The van der Waals surface area contributed by atoms with Gasteiger partial charge in [0.25, 0.3) is 5.82 Å². The van der Waals surface area contributed by atoms with Crippen LogP contribution in [-0.2, 0) is 9.47 Å². The average molecular weight is 172 g/mol. The Morgan fingerprint density at radius 3 is 3.00 bits per heavy atom. The van der Waals surface area contributed by atoms with E-state index in [-0.39, 0.29) is 12.4 Å². The third-order valence-corrected chi connectivity index (χ3v) is 1.05. The zero-order chi connectivity index (χ0) is 8.81. The zero-order valence-corrected chi connectivity index (χ0v) is 6.48. The van der Waals surface area contributed by atoms with Crippen LogP contribution in [0.5, 0.6) is 0 Å². The fourth-order valence-electron chi connectivity index (χ4n) is 0.531. The number of aromatic nitrogens is 4. The Balaban J connectivity index is 2.30. The van der Waals surface area contributed by atoms with Gasteiger partial charge in [0.2, 0.25) is 0 Å². The second kappa shape index (κ2) is 4.39. The first kappa shape index (κ1) is 8.60. The third-order valence-electron chi connectivity index (χ3n) is 1.05. The van der Waals surface area contributed by atoms with Gasteiger partial charge in [0, 0.05) is 7.11 Å². The molecular weight excluding hydrogens is 164 g/mol. The summed E-state index contributed by atoms with van der Waals surface area (Å²) in [5.41, 5.74) is 0. The molecule has 12 heavy (non-hydrogen) atoms. The Morgan fingerprint density at radius 1 is 1.58 bits per heavy atom. The molecule has 66 valence electrons. The van der Waals surface area contributed by atoms with E-state index in [0.717, 1.165) is 0 Å². The number of carbonyl (C=O) groups excluding carboxylic acids is 1. The summed E-state index contributed by atoms with van der Waals surface area (Å²) in [7, 11) is 1.52. The van der Waals surface area contributed by atoms with Crippen LogP contribution in [0.25, 0.3) is 0 Å². The molecule has 0 saturated heterocycles. The maximum Gasteiger partial charge on any atom is 0.380 e. The van der Waals surface area contributed by atoms with Gasteiger partial charge >= 0.3 is 5.97 Å². The zero-order valence-electron chi connectivity index (χ0n) is 6.48. The Hall–Kier alpha value is -1.50. The molecule has 0 saturated carbocycles. The second-order valence-electron chi connectivity index (χ2n) is 1.86. The Labute approximate surface area is 68.1 Å². The molecule has 0 spiro atoms. The van der Waals surface area contributed by atoms with Gasteiger partial charge < -0.3 is 9.47 Å². The van der Waals surface area contributed by atoms with Crippen LogP contribution in [0.4, 0.5) is 0 Å². The van der Waals surface area contributed by atoms with Gasteiger partial charge in [-0.3, -0.25) is 0 Å². The van der Waals surface area contributed by atoms with Crippen molar-refractivity contribution in [2.24, 2.45) is 0 Å². The highest BCUT2D eigenvalue weighted by molar-refractivity contribution is 5.84. The summed E-state index contributed by atoms with van der Waals surface area (Å²) < 4.78 is 9.35. The van der Waals surface area contributed by atoms with E-state index >= 15 is 0 Å². The number of tetrazole rings is 1. The molecule has 1 aromatic rings. The number of carbonyl (C=O) groups is 1. The highest BCUT2D eigenvalue weighted by atomic mass is 16.6. The van der Waals surface area contributed by atoms with Crippen molar-refractivity contribution in [2.45, 2.75) is 0 Å². The Morgan fingerprint density at radius 2 is 2.42 bits per heavy atom. The minimum atomic E-state index is -0.610. The number of H-pyrrole nitrogens is 1. The van der Waals surface area contributed by atoms with E-state index in [1.165, 1.54) is 7.11 Å². The maximum atomic E-state index is 10.9. The quantitative estimate of drug-likeness (QED) is 0.463. The summed E-state index contributed by atoms with van der Waals surface area (Å²) in [6.45, 7) is 0.535. The van der Waals surface area contributed by atoms with E-state index in [4.69, 9.17) is 0 Å². The maximum absolute atomic E-state index is 10.9. The van der Waals surface area contributed by atoms with Crippen LogP contribution in [0, 0.1) is 0 Å². The van der Waals surface area contributed by atoms with Gasteiger partial charge in [-0.2, -0.15) is 5.21 Å². The van der Waals surface area contributed by atoms with Crippen molar-refractivity contribution in [1.82, 2.24) is 20.6 Å². The molecule has 0 aromatic carbocycles. The predicted molar refractivity (Wildman–Crippen MR) is 36.3 cm³/mol. The Bertz CT molecular complexity index is 235. The topological polar surface area (TPSA) is 90.0 Å². The van der Waals surface area contributed by atoms with Crippen molar-refractivity contribution >= 4 is 5.97 Å². The summed E-state index contributed by atoms with van der Waals surface area (Å²) in [4.78, 5) is 10.9. The third kappa shape index (κ3) is 2.27. The summed E-state index contributed by atoms with van der Waals surface area (Å²) in [5, 5.41) is 12.2. The van der Waals surface area contributed by atoms with Crippen LogP contribution in [0.2, 0.25) is 0 Å². The predicted octanol–water partition coefficient (Wildman–Crippen LogP) is -0.997. The van der Waals surface area contributed by atoms with Crippen LogP contribution in [0.3, 0.4) is 0 Å². The lowest BCUT2D eigenvalue weighted by atomic mass is 10.6. The van der Waals surface area contributed by atoms with Gasteiger partial charge in [-0.1, -0.05) is 0 Å². The van der Waals surface area contributed by atoms with E-state index < -0.39 is 5.97 Å². The van der Waals surface area contributed by atoms with E-state index in [1.54, 1.807) is 0 Å². The monoisotopic (exact) mass is 172 g/mol. The van der Waals surface area contributed by atoms with E-state index in [2.05, 4.69) is 30.1 Å². The number of nitrogens with zero attached hydrogens (tertiary/aromatic N) is 3. The fourth-order valence-corrected chi connectivity index (χ4v) is 0.531. The molecule has 1 N–H and O–H groups in total. The summed E-state index contributed by atoms with van der Waals surface area (Å²) in [6.07, 6.45) is 0. The van der Waals surface area contributed by atoms with Gasteiger partial charge in [-0.05, 0) is 5.21 Å². The molecular formula is C5H8N4O3. The highest BCUT2D eigenvalue weighted by Crippen LogP contribution is 1.88. The number of nitrogens with one attached hydrogen (secondary N) is 1. The summed E-state index contributed by atoms with van der Waals surface area (Å²) in [5.74, 6) is -0.688. The van der Waals surface area contributed by atoms with Crippen molar-refractivity contribution in [3.8, 4) is 0 Å². The van der Waals surface area contributed by atoms with E-state index in [9.17, 15) is 4.79 Å². The minimum absolute atomic E-state index is 0.0777. The molecule has 0 radical (unpaired) electrons. The molecule has 0 aliphatic carbocycles. The lowest BCUT2D eigenvalue weighted by Gasteiger charge is -1.98. The first-order chi connectivity index (χ1) is 5.84. The van der Waals surface area contributed by atoms with Crippen molar-refractivity contribution < 1.29 is 14.3 Å². The highest BCUT2D eigenvalue weighted by Gasteiger charge is 2.11. The van der Waals surface area contributed by atoms with Crippen LogP contribution in [0.15, 0.2) is 0 Å². The van der Waals surface area contributed by atoms with Crippen molar-refractivity contribution in [2.75, 3.05) is 20.3 Å². The molecule has 0 amide bonds. The van der Waals surface area contributed by atoms with Crippen LogP contribution >= 0.6 is 0 Å². The molecule has 7 nitrogen and oxygen atoms in total. The van der Waals surface area contributed by atoms with Crippen LogP contribution in [0.1, 0.15) is 10.6 Å². The molecule has 0 bridgehead atoms. The van der Waals surface area contributed by atoms with Crippen LogP contribution in [-0.4, -0.2) is 46.9 Å². The molecule has 0 unspecified atom stereocenters. The Kier molecular flexibility index (Phi) is 3.15. The van der Waals surface area contributed by atoms with E-state index in [0.29, 0.717) is 6.61 Å². The number of aromatic amines is 1. The number of ether oxygens (including phenoxy) is 2. The summed E-state index contributed by atoms with van der Waals surface area (Å²) in [6, 6.07) is 0. The lowest BCUT2D eigenvalue weighted by Crippen LogP contribution is -2.11. The van der Waals surface area contributed by atoms with Crippen molar-refractivity contribution in [3.05, 3.63) is 5.82 Å². The lowest BCUT2D eigenvalue weighted by molar-refractivity contribution is 0.0375. The molecule has 0 atom stereocenters. The average Bonchev–Trinajstić information content (AvgIpc) is 2.56. The number of hydrogen-bond donors (Lipinski definition) is 1. The molecule has 1 heterocycles. The first-order valence-electron chi connectivity index (χ1n) is 3.24. The SMILES string of the molecule is COCCOC(=O)c1nn[nH]n1. The van der Waals surface area contributed by atoms with Crippen molar-refractivity contribution in [3.63, 3.8) is 0 Å². The number of hydrogen-bond acceptors (Lipinski definition) is 6. The van der Waals surface area contributed by atoms with Gasteiger partial charge in [-0.25, -0.2) is 4.79 Å². The second-order valence-corrected chi connectivity index (χ2v) is 1.86. The molecule has 7 heteroatoms. The van der Waals surface area contributed by atoms with Crippen molar-refractivity contribution in [1.29, 1.82) is 0 Å². The molecule has 0 aliphatic rings. The van der Waals surface area contributed by atoms with Crippen LogP contribution < -0.4 is 0 Å². The first-order valence-corrected chi connectivity index (χ1v) is 3.24.